The molecule has 1 fully saturated rings. The zero-order valence-corrected chi connectivity index (χ0v) is 22.4. The van der Waals surface area contributed by atoms with Crippen LogP contribution in [-0.2, 0) is 19.3 Å². The number of nitrogens with zero attached hydrogens (tertiary/aromatic N) is 4. The highest BCUT2D eigenvalue weighted by Gasteiger charge is 2.27. The molecular weight excluding hydrogens is 506 g/mol. The molecule has 0 amide bonds. The predicted octanol–water partition coefficient (Wildman–Crippen LogP) is 6.33. The molecule has 2 aromatic carbocycles. The van der Waals surface area contributed by atoms with Crippen molar-refractivity contribution in [2.75, 3.05) is 36.4 Å². The number of anilines is 2. The molecule has 1 aliphatic carbocycles. The molecule has 2 aromatic heterocycles. The monoisotopic (exact) mass is 533 g/mol. The summed E-state index contributed by atoms with van der Waals surface area (Å²) < 4.78 is 0. The Morgan fingerprint density at radius 1 is 0.972 bits per heavy atom. The van der Waals surface area contributed by atoms with Gasteiger partial charge in [0.25, 0.3) is 0 Å². The van der Waals surface area contributed by atoms with E-state index < -0.39 is 0 Å². The van der Waals surface area contributed by atoms with Crippen molar-refractivity contribution >= 4 is 62.0 Å². The zero-order chi connectivity index (χ0) is 24.5. The first-order valence-corrected chi connectivity index (χ1v) is 14.2. The van der Waals surface area contributed by atoms with Crippen molar-refractivity contribution in [3.05, 3.63) is 81.4 Å². The van der Waals surface area contributed by atoms with Gasteiger partial charge >= 0.3 is 0 Å². The number of halogens is 1. The molecule has 8 heteroatoms. The van der Waals surface area contributed by atoms with Crippen LogP contribution < -0.4 is 10.2 Å². The fourth-order valence-corrected chi connectivity index (χ4v) is 6.92. The highest BCUT2D eigenvalue weighted by Crippen LogP contribution is 2.40. The topological polar surface area (TPSA) is 44.3 Å². The van der Waals surface area contributed by atoms with Gasteiger partial charge < -0.3 is 15.1 Å². The Bertz CT molecular complexity index is 1400. The average molecular weight is 534 g/mol. The fourth-order valence-electron chi connectivity index (χ4n) is 5.16. The van der Waals surface area contributed by atoms with E-state index in [0.717, 1.165) is 66.3 Å². The average Bonchev–Trinajstić information content (AvgIpc) is 3.27. The van der Waals surface area contributed by atoms with Crippen LogP contribution in [0, 0.1) is 0 Å². The van der Waals surface area contributed by atoms with Gasteiger partial charge in [0.15, 0.2) is 5.11 Å². The summed E-state index contributed by atoms with van der Waals surface area (Å²) in [6.07, 6.45) is 5.58. The second-order valence-corrected chi connectivity index (χ2v) is 11.3. The number of rotatable bonds is 4. The molecule has 184 valence electrons. The number of nitrogens with one attached hydrogen (secondary N) is 1. The highest BCUT2D eigenvalue weighted by molar-refractivity contribution is 7.80. The largest absolute Gasteiger partial charge is 0.352 e. The molecule has 36 heavy (non-hydrogen) atoms. The van der Waals surface area contributed by atoms with Crippen molar-refractivity contribution in [3.8, 4) is 0 Å². The molecule has 0 bridgehead atoms. The molecule has 4 aromatic rings. The lowest BCUT2D eigenvalue weighted by atomic mass is 9.96. The maximum Gasteiger partial charge on any atom is 0.173 e. The standard InChI is InChI=1S/C28H28ClN5S2/c29-20-9-6-10-21(18-20)30-28(35)34-15-13-33(14-16-34)26-25-22-11-4-5-12-23(22)36-27(25)32-24(31-26)17-19-7-2-1-3-8-19/h1-3,6-10,18H,4-5,11-17H2,(H,30,35). The quantitative estimate of drug-likeness (QED) is 0.309. The smallest absolute Gasteiger partial charge is 0.173 e. The number of hydrogen-bond donors (Lipinski definition) is 1. The summed E-state index contributed by atoms with van der Waals surface area (Å²) in [4.78, 5) is 17.6. The van der Waals surface area contributed by atoms with E-state index in [-0.39, 0.29) is 0 Å². The summed E-state index contributed by atoms with van der Waals surface area (Å²) in [7, 11) is 0. The molecule has 3 heterocycles. The second kappa shape index (κ2) is 10.3. The van der Waals surface area contributed by atoms with E-state index >= 15 is 0 Å². The summed E-state index contributed by atoms with van der Waals surface area (Å²) in [6, 6.07) is 18.2. The first kappa shape index (κ1) is 23.6. The molecule has 1 saturated heterocycles. The maximum absolute atomic E-state index is 6.14. The molecule has 5 nitrogen and oxygen atoms in total. The number of thiocarbonyl (C=S) groups is 1. The molecule has 0 saturated carbocycles. The Morgan fingerprint density at radius 2 is 1.78 bits per heavy atom. The molecule has 2 aliphatic rings. The highest BCUT2D eigenvalue weighted by atomic mass is 35.5. The normalized spacial score (nSPS) is 15.7. The van der Waals surface area contributed by atoms with Crippen LogP contribution in [0.4, 0.5) is 11.5 Å². The Hall–Kier alpha value is -2.74. The van der Waals surface area contributed by atoms with Crippen LogP contribution in [0.25, 0.3) is 10.2 Å². The summed E-state index contributed by atoms with van der Waals surface area (Å²) in [5.41, 5.74) is 3.65. The molecule has 0 atom stereocenters. The van der Waals surface area contributed by atoms with Crippen molar-refractivity contribution < 1.29 is 0 Å². The van der Waals surface area contributed by atoms with E-state index in [1.165, 1.54) is 40.7 Å². The van der Waals surface area contributed by atoms with Crippen molar-refractivity contribution in [1.29, 1.82) is 0 Å². The lowest BCUT2D eigenvalue weighted by molar-refractivity contribution is 0.390. The van der Waals surface area contributed by atoms with Gasteiger partial charge in [-0.05, 0) is 67.2 Å². The third kappa shape index (κ3) is 4.92. The van der Waals surface area contributed by atoms with Gasteiger partial charge in [0.2, 0.25) is 0 Å². The van der Waals surface area contributed by atoms with Gasteiger partial charge in [-0.15, -0.1) is 11.3 Å². The van der Waals surface area contributed by atoms with Crippen LogP contribution in [0.1, 0.15) is 34.7 Å². The summed E-state index contributed by atoms with van der Waals surface area (Å²) in [5, 5.41) is 6.07. The zero-order valence-electron chi connectivity index (χ0n) is 20.0. The van der Waals surface area contributed by atoms with Crippen molar-refractivity contribution in [1.82, 2.24) is 14.9 Å². The van der Waals surface area contributed by atoms with E-state index in [1.807, 2.05) is 35.6 Å². The van der Waals surface area contributed by atoms with Gasteiger partial charge in [0.05, 0.1) is 5.39 Å². The Labute approximate surface area is 226 Å². The molecule has 0 spiro atoms. The van der Waals surface area contributed by atoms with E-state index in [0.29, 0.717) is 5.02 Å². The number of hydrogen-bond acceptors (Lipinski definition) is 5. The summed E-state index contributed by atoms with van der Waals surface area (Å²) in [5.74, 6) is 2.02. The first-order valence-electron chi connectivity index (χ1n) is 12.6. The summed E-state index contributed by atoms with van der Waals surface area (Å²) in [6.45, 7) is 3.44. The molecule has 0 radical (unpaired) electrons. The molecule has 0 unspecified atom stereocenters. The van der Waals surface area contributed by atoms with Gasteiger partial charge in [-0.3, -0.25) is 0 Å². The van der Waals surface area contributed by atoms with Crippen LogP contribution in [0.15, 0.2) is 54.6 Å². The van der Waals surface area contributed by atoms with Crippen LogP contribution in [-0.4, -0.2) is 46.2 Å². The fraction of sp³-hybridized carbons (Fsp3) is 0.321. The Morgan fingerprint density at radius 3 is 2.58 bits per heavy atom. The van der Waals surface area contributed by atoms with Crippen molar-refractivity contribution in [2.45, 2.75) is 32.1 Å². The second-order valence-electron chi connectivity index (χ2n) is 9.43. The number of aromatic nitrogens is 2. The minimum atomic E-state index is 0.700. The van der Waals surface area contributed by atoms with E-state index in [1.54, 1.807) is 0 Å². The van der Waals surface area contributed by atoms with Crippen molar-refractivity contribution in [2.24, 2.45) is 0 Å². The van der Waals surface area contributed by atoms with E-state index in [9.17, 15) is 0 Å². The van der Waals surface area contributed by atoms with Crippen molar-refractivity contribution in [3.63, 3.8) is 0 Å². The van der Waals surface area contributed by atoms with E-state index in [4.69, 9.17) is 33.8 Å². The van der Waals surface area contributed by atoms with Crippen LogP contribution in [0.5, 0.6) is 0 Å². The number of aryl methyl sites for hydroxylation is 2. The third-order valence-corrected chi connectivity index (χ3v) is 8.77. The molecule has 1 N–H and O–H groups in total. The predicted molar refractivity (Wildman–Crippen MR) is 155 cm³/mol. The van der Waals surface area contributed by atoms with Crippen LogP contribution in [0.3, 0.4) is 0 Å². The van der Waals surface area contributed by atoms with Gasteiger partial charge in [0.1, 0.15) is 16.5 Å². The number of benzene rings is 2. The van der Waals surface area contributed by atoms with Crippen LogP contribution in [0.2, 0.25) is 5.02 Å². The first-order chi connectivity index (χ1) is 17.6. The van der Waals surface area contributed by atoms with Gasteiger partial charge in [-0.1, -0.05) is 48.0 Å². The Kier molecular flexibility index (Phi) is 6.78. The Balaban J connectivity index is 1.25. The molecular formula is C28H28ClN5S2. The minimum absolute atomic E-state index is 0.700. The third-order valence-electron chi connectivity index (χ3n) is 6.99. The molecule has 1 aliphatic heterocycles. The maximum atomic E-state index is 6.14. The number of thiophene rings is 1. The van der Waals surface area contributed by atoms with Gasteiger partial charge in [-0.25, -0.2) is 9.97 Å². The van der Waals surface area contributed by atoms with E-state index in [2.05, 4.69) is 45.4 Å². The summed E-state index contributed by atoms with van der Waals surface area (Å²) >= 11 is 13.7. The van der Waals surface area contributed by atoms with Crippen LogP contribution >= 0.6 is 35.2 Å². The molecule has 6 rings (SSSR count). The van der Waals surface area contributed by atoms with Gasteiger partial charge in [0, 0.05) is 48.2 Å². The lowest BCUT2D eigenvalue weighted by Crippen LogP contribution is -2.50. The van der Waals surface area contributed by atoms with Gasteiger partial charge in [-0.2, -0.15) is 0 Å². The number of piperazine rings is 1. The minimum Gasteiger partial charge on any atom is -0.352 e. The lowest BCUT2D eigenvalue weighted by Gasteiger charge is -2.37. The number of fused-ring (bicyclic) bond motifs is 3. The SMILES string of the molecule is S=C(Nc1cccc(Cl)c1)N1CCN(c2nc(Cc3ccccc3)nc3sc4c(c23)CCCC4)CC1.